The summed E-state index contributed by atoms with van der Waals surface area (Å²) in [5, 5.41) is 12.3. The fourth-order valence-electron chi connectivity index (χ4n) is 3.44. The summed E-state index contributed by atoms with van der Waals surface area (Å²) in [6.45, 7) is 6.80. The third-order valence-electron chi connectivity index (χ3n) is 5.13. The number of amides is 1. The van der Waals surface area contributed by atoms with Crippen molar-refractivity contribution >= 4 is 23.4 Å². The molecule has 1 amide bonds. The molecule has 0 atom stereocenters. The lowest BCUT2D eigenvalue weighted by Gasteiger charge is -2.12. The van der Waals surface area contributed by atoms with Gasteiger partial charge < -0.3 is 14.8 Å². The van der Waals surface area contributed by atoms with Gasteiger partial charge in [-0.2, -0.15) is 0 Å². The number of hydrogen-bond acceptors (Lipinski definition) is 6. The number of aromatic nitrogens is 3. The minimum Gasteiger partial charge on any atom is -0.494 e. The van der Waals surface area contributed by atoms with E-state index < -0.39 is 0 Å². The van der Waals surface area contributed by atoms with E-state index in [0.29, 0.717) is 17.6 Å². The quantitative estimate of drug-likeness (QED) is 0.293. The summed E-state index contributed by atoms with van der Waals surface area (Å²) in [6.07, 6.45) is 0. The van der Waals surface area contributed by atoms with Crippen LogP contribution in [0.25, 0.3) is 5.69 Å². The molecule has 0 aliphatic heterocycles. The normalized spacial score (nSPS) is 10.7. The van der Waals surface area contributed by atoms with Crippen molar-refractivity contribution in [1.29, 1.82) is 0 Å². The molecule has 8 heteroatoms. The molecule has 0 bridgehead atoms. The molecule has 1 aromatic heterocycles. The molecule has 35 heavy (non-hydrogen) atoms. The average Bonchev–Trinajstić information content (AvgIpc) is 3.26. The van der Waals surface area contributed by atoms with Crippen molar-refractivity contribution in [2.45, 2.75) is 32.5 Å². The number of benzene rings is 3. The van der Waals surface area contributed by atoms with E-state index >= 15 is 0 Å². The van der Waals surface area contributed by atoms with Gasteiger partial charge in [0.2, 0.25) is 5.91 Å². The van der Waals surface area contributed by atoms with E-state index in [-0.39, 0.29) is 18.3 Å². The Bertz CT molecular complexity index is 1270. The lowest BCUT2D eigenvalue weighted by Crippen LogP contribution is -2.15. The standard InChI is InChI=1S/C27H28N4O3S/c1-4-33-23-14-10-22(11-15-23)31-25(17-34-24-12-8-19(2)9-13-24)29-30-27(31)35-18-26(32)28-21-7-5-6-20(3)16-21/h5-16H,4,17-18H2,1-3H3,(H,28,32). The molecule has 0 unspecified atom stereocenters. The highest BCUT2D eigenvalue weighted by molar-refractivity contribution is 7.99. The number of aryl methyl sites for hydroxylation is 2. The molecule has 7 nitrogen and oxygen atoms in total. The zero-order valence-corrected chi connectivity index (χ0v) is 20.8. The van der Waals surface area contributed by atoms with Gasteiger partial charge in [0.15, 0.2) is 11.0 Å². The van der Waals surface area contributed by atoms with Crippen molar-refractivity contribution < 1.29 is 14.3 Å². The van der Waals surface area contributed by atoms with Gasteiger partial charge in [-0.05, 0) is 74.9 Å². The third kappa shape index (κ3) is 6.64. The number of hydrogen-bond donors (Lipinski definition) is 1. The van der Waals surface area contributed by atoms with Crippen LogP contribution >= 0.6 is 11.8 Å². The van der Waals surface area contributed by atoms with Gasteiger partial charge in [0.05, 0.1) is 12.4 Å². The van der Waals surface area contributed by atoms with Crippen LogP contribution in [0.3, 0.4) is 0 Å². The SMILES string of the molecule is CCOc1ccc(-n2c(COc3ccc(C)cc3)nnc2SCC(=O)Nc2cccc(C)c2)cc1. The van der Waals surface area contributed by atoms with Gasteiger partial charge in [0.1, 0.15) is 18.1 Å². The highest BCUT2D eigenvalue weighted by atomic mass is 32.2. The molecule has 3 aromatic carbocycles. The predicted molar refractivity (Wildman–Crippen MR) is 139 cm³/mol. The van der Waals surface area contributed by atoms with Gasteiger partial charge in [-0.15, -0.1) is 10.2 Å². The Morgan fingerprint density at radius 1 is 0.914 bits per heavy atom. The molecular formula is C27H28N4O3S. The van der Waals surface area contributed by atoms with E-state index in [1.807, 2.05) is 98.1 Å². The van der Waals surface area contributed by atoms with Crippen molar-refractivity contribution in [1.82, 2.24) is 14.8 Å². The summed E-state index contributed by atoms with van der Waals surface area (Å²) in [5.41, 5.74) is 3.89. The summed E-state index contributed by atoms with van der Waals surface area (Å²) in [5.74, 6) is 2.26. The Hall–Kier alpha value is -3.78. The van der Waals surface area contributed by atoms with E-state index in [1.165, 1.54) is 11.8 Å². The zero-order chi connectivity index (χ0) is 24.6. The summed E-state index contributed by atoms with van der Waals surface area (Å²) in [4.78, 5) is 12.6. The van der Waals surface area contributed by atoms with E-state index in [9.17, 15) is 4.79 Å². The van der Waals surface area contributed by atoms with E-state index in [0.717, 1.165) is 34.0 Å². The van der Waals surface area contributed by atoms with Gasteiger partial charge in [-0.1, -0.05) is 41.6 Å². The van der Waals surface area contributed by atoms with Crippen molar-refractivity contribution in [2.75, 3.05) is 17.7 Å². The van der Waals surface area contributed by atoms with Gasteiger partial charge in [-0.25, -0.2) is 0 Å². The van der Waals surface area contributed by atoms with Gasteiger partial charge in [-0.3, -0.25) is 9.36 Å². The number of nitrogens with one attached hydrogen (secondary N) is 1. The summed E-state index contributed by atoms with van der Waals surface area (Å²) >= 11 is 1.32. The summed E-state index contributed by atoms with van der Waals surface area (Å²) in [6, 6.07) is 23.3. The van der Waals surface area contributed by atoms with Crippen LogP contribution in [0, 0.1) is 13.8 Å². The Morgan fingerprint density at radius 2 is 1.63 bits per heavy atom. The van der Waals surface area contributed by atoms with Gasteiger partial charge in [0, 0.05) is 11.4 Å². The summed E-state index contributed by atoms with van der Waals surface area (Å²) < 4.78 is 13.4. The van der Waals surface area contributed by atoms with Crippen molar-refractivity contribution in [3.63, 3.8) is 0 Å². The number of anilines is 1. The molecule has 0 radical (unpaired) electrons. The predicted octanol–water partition coefficient (Wildman–Crippen LogP) is 5.59. The lowest BCUT2D eigenvalue weighted by molar-refractivity contribution is -0.113. The molecule has 0 fully saturated rings. The molecule has 0 saturated carbocycles. The Labute approximate surface area is 209 Å². The fraction of sp³-hybridized carbons (Fsp3) is 0.222. The minimum absolute atomic E-state index is 0.112. The zero-order valence-electron chi connectivity index (χ0n) is 20.0. The minimum atomic E-state index is -0.112. The van der Waals surface area contributed by atoms with E-state index in [1.54, 1.807) is 0 Å². The fourth-order valence-corrected chi connectivity index (χ4v) is 4.21. The van der Waals surface area contributed by atoms with Crippen LogP contribution in [0.5, 0.6) is 11.5 Å². The second-order valence-corrected chi connectivity index (χ2v) is 8.91. The summed E-state index contributed by atoms with van der Waals surface area (Å²) in [7, 11) is 0. The van der Waals surface area contributed by atoms with Crippen molar-refractivity contribution in [2.24, 2.45) is 0 Å². The number of rotatable bonds is 10. The van der Waals surface area contributed by atoms with E-state index in [4.69, 9.17) is 9.47 Å². The second kappa shape index (κ2) is 11.6. The number of carbonyl (C=O) groups is 1. The maximum atomic E-state index is 12.6. The molecule has 4 aromatic rings. The van der Waals surface area contributed by atoms with Crippen molar-refractivity contribution in [3.8, 4) is 17.2 Å². The van der Waals surface area contributed by atoms with Gasteiger partial charge in [0.25, 0.3) is 0 Å². The third-order valence-corrected chi connectivity index (χ3v) is 6.06. The molecule has 1 N–H and O–H groups in total. The second-order valence-electron chi connectivity index (χ2n) is 7.97. The first-order valence-corrected chi connectivity index (χ1v) is 12.4. The Kier molecular flexibility index (Phi) is 8.05. The van der Waals surface area contributed by atoms with Crippen LogP contribution < -0.4 is 14.8 Å². The first-order chi connectivity index (χ1) is 17.0. The number of ether oxygens (including phenoxy) is 2. The maximum Gasteiger partial charge on any atom is 0.234 e. The highest BCUT2D eigenvalue weighted by Gasteiger charge is 2.17. The van der Waals surface area contributed by atoms with Crippen LogP contribution in [-0.2, 0) is 11.4 Å². The molecule has 0 aliphatic carbocycles. The highest BCUT2D eigenvalue weighted by Crippen LogP contribution is 2.25. The van der Waals surface area contributed by atoms with Crippen LogP contribution in [0.2, 0.25) is 0 Å². The number of nitrogens with zero attached hydrogens (tertiary/aromatic N) is 3. The van der Waals surface area contributed by atoms with Gasteiger partial charge >= 0.3 is 0 Å². The largest absolute Gasteiger partial charge is 0.494 e. The van der Waals surface area contributed by atoms with Crippen LogP contribution in [0.4, 0.5) is 5.69 Å². The molecule has 1 heterocycles. The molecule has 0 spiro atoms. The van der Waals surface area contributed by atoms with Crippen molar-refractivity contribution in [3.05, 3.63) is 89.7 Å². The van der Waals surface area contributed by atoms with Crippen LogP contribution in [0.15, 0.2) is 78.0 Å². The topological polar surface area (TPSA) is 78.3 Å². The molecule has 0 saturated heterocycles. The smallest absolute Gasteiger partial charge is 0.234 e. The first-order valence-electron chi connectivity index (χ1n) is 11.4. The van der Waals surface area contributed by atoms with E-state index in [2.05, 4.69) is 15.5 Å². The molecule has 0 aliphatic rings. The van der Waals surface area contributed by atoms with Crippen LogP contribution in [0.1, 0.15) is 23.9 Å². The average molecular weight is 489 g/mol. The molecule has 180 valence electrons. The lowest BCUT2D eigenvalue weighted by atomic mass is 10.2. The maximum absolute atomic E-state index is 12.6. The number of carbonyl (C=O) groups excluding carboxylic acids is 1. The molecular weight excluding hydrogens is 460 g/mol. The first kappa shape index (κ1) is 24.3. The Balaban J connectivity index is 1.52. The number of thioether (sulfide) groups is 1. The molecule has 4 rings (SSSR count). The van der Waals surface area contributed by atoms with Crippen LogP contribution in [-0.4, -0.2) is 33.0 Å². The Morgan fingerprint density at radius 3 is 2.34 bits per heavy atom. The monoisotopic (exact) mass is 488 g/mol.